The van der Waals surface area contributed by atoms with Gasteiger partial charge in [-0.1, -0.05) is 51.4 Å². The van der Waals surface area contributed by atoms with Crippen LogP contribution in [0.3, 0.4) is 0 Å². The molecule has 20 heavy (non-hydrogen) atoms. The molecule has 116 valence electrons. The summed E-state index contributed by atoms with van der Waals surface area (Å²) < 4.78 is 0. The minimum absolute atomic E-state index is 0.801. The molecule has 0 bridgehead atoms. The zero-order valence-electron chi connectivity index (χ0n) is 13.3. The number of hydrogen-bond donors (Lipinski definition) is 1. The van der Waals surface area contributed by atoms with Crippen molar-refractivity contribution in [2.75, 3.05) is 26.2 Å². The fourth-order valence-electron chi connectivity index (χ4n) is 4.74. The zero-order valence-corrected chi connectivity index (χ0v) is 13.3. The van der Waals surface area contributed by atoms with E-state index >= 15 is 0 Å². The number of rotatable bonds is 4. The second-order valence-corrected chi connectivity index (χ2v) is 7.55. The van der Waals surface area contributed by atoms with Crippen LogP contribution in [0.2, 0.25) is 0 Å². The third kappa shape index (κ3) is 4.21. The Balaban J connectivity index is 1.40. The van der Waals surface area contributed by atoms with Gasteiger partial charge in [0.15, 0.2) is 0 Å². The lowest BCUT2D eigenvalue weighted by atomic mass is 9.83. The predicted octanol–water partition coefficient (Wildman–Crippen LogP) is 3.81. The van der Waals surface area contributed by atoms with Gasteiger partial charge in [0.2, 0.25) is 0 Å². The molecule has 1 saturated heterocycles. The van der Waals surface area contributed by atoms with Crippen molar-refractivity contribution >= 4 is 0 Å². The zero-order chi connectivity index (χ0) is 13.6. The van der Waals surface area contributed by atoms with Crippen molar-refractivity contribution < 1.29 is 0 Å². The lowest BCUT2D eigenvalue weighted by Crippen LogP contribution is -2.54. The Kier molecular flexibility index (Phi) is 5.78. The smallest absolute Gasteiger partial charge is 0.0223 e. The van der Waals surface area contributed by atoms with Gasteiger partial charge in [-0.15, -0.1) is 0 Å². The Morgan fingerprint density at radius 2 is 1.55 bits per heavy atom. The van der Waals surface area contributed by atoms with Crippen molar-refractivity contribution in [3.05, 3.63) is 0 Å². The topological polar surface area (TPSA) is 15.3 Å². The van der Waals surface area contributed by atoms with E-state index in [-0.39, 0.29) is 0 Å². The monoisotopic (exact) mass is 278 g/mol. The number of piperazine rings is 1. The molecule has 3 rings (SSSR count). The SMILES string of the molecule is C1CCC(CCN2CCNC(C3CCCCC3)C2)CC1. The quantitative estimate of drug-likeness (QED) is 0.841. The fourth-order valence-corrected chi connectivity index (χ4v) is 4.74. The first kappa shape index (κ1) is 14.8. The molecule has 0 radical (unpaired) electrons. The van der Waals surface area contributed by atoms with Gasteiger partial charge in [0.05, 0.1) is 0 Å². The van der Waals surface area contributed by atoms with Gasteiger partial charge >= 0.3 is 0 Å². The van der Waals surface area contributed by atoms with E-state index in [0.29, 0.717) is 0 Å². The summed E-state index contributed by atoms with van der Waals surface area (Å²) in [5.41, 5.74) is 0. The van der Waals surface area contributed by atoms with Crippen LogP contribution in [0.5, 0.6) is 0 Å². The van der Waals surface area contributed by atoms with Crippen molar-refractivity contribution in [3.63, 3.8) is 0 Å². The second-order valence-electron chi connectivity index (χ2n) is 7.55. The van der Waals surface area contributed by atoms with Crippen molar-refractivity contribution in [2.24, 2.45) is 11.8 Å². The molecule has 1 heterocycles. The summed E-state index contributed by atoms with van der Waals surface area (Å²) in [7, 11) is 0. The maximum Gasteiger partial charge on any atom is 0.0223 e. The largest absolute Gasteiger partial charge is 0.311 e. The Morgan fingerprint density at radius 3 is 2.30 bits per heavy atom. The van der Waals surface area contributed by atoms with E-state index in [2.05, 4.69) is 10.2 Å². The van der Waals surface area contributed by atoms with Gasteiger partial charge in [0, 0.05) is 25.7 Å². The maximum atomic E-state index is 3.82. The molecule has 0 aromatic rings. The van der Waals surface area contributed by atoms with Crippen LogP contribution < -0.4 is 5.32 Å². The van der Waals surface area contributed by atoms with E-state index in [1.807, 2.05) is 0 Å². The minimum atomic E-state index is 0.801. The third-order valence-corrected chi connectivity index (χ3v) is 6.09. The summed E-state index contributed by atoms with van der Waals surface area (Å²) >= 11 is 0. The van der Waals surface area contributed by atoms with Crippen LogP contribution in [0, 0.1) is 11.8 Å². The molecule has 2 saturated carbocycles. The van der Waals surface area contributed by atoms with Crippen LogP contribution in [-0.2, 0) is 0 Å². The van der Waals surface area contributed by atoms with Gasteiger partial charge in [-0.3, -0.25) is 0 Å². The number of hydrogen-bond acceptors (Lipinski definition) is 2. The number of nitrogens with one attached hydrogen (secondary N) is 1. The van der Waals surface area contributed by atoms with Crippen LogP contribution in [0.4, 0.5) is 0 Å². The summed E-state index contributed by atoms with van der Waals surface area (Å²) in [4.78, 5) is 2.77. The first-order valence-corrected chi connectivity index (χ1v) is 9.37. The molecule has 1 aliphatic heterocycles. The molecule has 0 amide bonds. The lowest BCUT2D eigenvalue weighted by molar-refractivity contribution is 0.136. The Hall–Kier alpha value is -0.0800. The molecule has 3 aliphatic rings. The van der Waals surface area contributed by atoms with Gasteiger partial charge < -0.3 is 10.2 Å². The molecule has 1 unspecified atom stereocenters. The Labute approximate surface area is 125 Å². The van der Waals surface area contributed by atoms with Crippen LogP contribution in [0.1, 0.15) is 70.6 Å². The van der Waals surface area contributed by atoms with E-state index in [1.165, 1.54) is 96.8 Å². The molecular formula is C18H34N2. The molecule has 0 spiro atoms. The van der Waals surface area contributed by atoms with Gasteiger partial charge in [-0.05, 0) is 37.6 Å². The third-order valence-electron chi connectivity index (χ3n) is 6.09. The molecule has 0 aromatic heterocycles. The van der Waals surface area contributed by atoms with Crippen LogP contribution in [-0.4, -0.2) is 37.1 Å². The van der Waals surface area contributed by atoms with Crippen LogP contribution >= 0.6 is 0 Å². The standard InChI is InChI=1S/C18H34N2/c1-3-7-16(8-4-1)11-13-20-14-12-19-18(15-20)17-9-5-2-6-10-17/h16-19H,1-15H2. The normalized spacial score (nSPS) is 31.5. The van der Waals surface area contributed by atoms with Crippen molar-refractivity contribution in [3.8, 4) is 0 Å². The Bertz CT molecular complexity index is 267. The highest BCUT2D eigenvalue weighted by molar-refractivity contribution is 4.86. The minimum Gasteiger partial charge on any atom is -0.311 e. The van der Waals surface area contributed by atoms with Crippen molar-refractivity contribution in [1.29, 1.82) is 0 Å². The van der Waals surface area contributed by atoms with E-state index < -0.39 is 0 Å². The van der Waals surface area contributed by atoms with Gasteiger partial charge in [-0.2, -0.15) is 0 Å². The number of nitrogens with zero attached hydrogens (tertiary/aromatic N) is 1. The average molecular weight is 278 g/mol. The molecule has 2 heteroatoms. The highest BCUT2D eigenvalue weighted by Crippen LogP contribution is 2.29. The van der Waals surface area contributed by atoms with Gasteiger partial charge in [0.1, 0.15) is 0 Å². The van der Waals surface area contributed by atoms with E-state index in [4.69, 9.17) is 0 Å². The van der Waals surface area contributed by atoms with E-state index in [1.54, 1.807) is 0 Å². The molecule has 1 N–H and O–H groups in total. The predicted molar refractivity (Wildman–Crippen MR) is 86.0 cm³/mol. The summed E-state index contributed by atoms with van der Waals surface area (Å²) in [5.74, 6) is 2.02. The van der Waals surface area contributed by atoms with Crippen LogP contribution in [0.15, 0.2) is 0 Å². The first-order valence-electron chi connectivity index (χ1n) is 9.37. The highest BCUT2D eigenvalue weighted by Gasteiger charge is 2.28. The molecular weight excluding hydrogens is 244 g/mol. The average Bonchev–Trinajstić information content (AvgIpc) is 2.55. The molecule has 2 nitrogen and oxygen atoms in total. The summed E-state index contributed by atoms with van der Waals surface area (Å²) in [5, 5.41) is 3.82. The summed E-state index contributed by atoms with van der Waals surface area (Å²) in [6.45, 7) is 5.22. The van der Waals surface area contributed by atoms with Gasteiger partial charge in [0.25, 0.3) is 0 Å². The van der Waals surface area contributed by atoms with E-state index in [9.17, 15) is 0 Å². The molecule has 1 atom stereocenters. The summed E-state index contributed by atoms with van der Waals surface area (Å²) in [6, 6.07) is 0.801. The first-order chi connectivity index (χ1) is 9.92. The van der Waals surface area contributed by atoms with Crippen molar-refractivity contribution in [2.45, 2.75) is 76.7 Å². The van der Waals surface area contributed by atoms with Gasteiger partial charge in [-0.25, -0.2) is 0 Å². The maximum absolute atomic E-state index is 3.82. The van der Waals surface area contributed by atoms with E-state index in [0.717, 1.165) is 17.9 Å². The fraction of sp³-hybridized carbons (Fsp3) is 1.00. The lowest BCUT2D eigenvalue weighted by Gasteiger charge is -2.39. The molecule has 2 aliphatic carbocycles. The van der Waals surface area contributed by atoms with Crippen molar-refractivity contribution in [1.82, 2.24) is 10.2 Å². The molecule has 0 aromatic carbocycles. The molecule has 3 fully saturated rings. The second kappa shape index (κ2) is 7.79. The Morgan fingerprint density at radius 1 is 0.850 bits per heavy atom. The highest BCUT2D eigenvalue weighted by atomic mass is 15.2. The summed E-state index contributed by atoms with van der Waals surface area (Å²) in [6.07, 6.45) is 16.4. The van der Waals surface area contributed by atoms with Crippen LogP contribution in [0.25, 0.3) is 0 Å².